The van der Waals surface area contributed by atoms with Gasteiger partial charge in [0, 0.05) is 27.2 Å². The number of nitrogens with zero attached hydrogens (tertiary/aromatic N) is 1. The number of methoxy groups -OCH3 is 2. The minimum atomic E-state index is -0.269. The highest BCUT2D eigenvalue weighted by atomic mass is 35.5. The molecule has 1 aromatic rings. The van der Waals surface area contributed by atoms with Crippen LogP contribution in [0.3, 0.4) is 0 Å². The van der Waals surface area contributed by atoms with Gasteiger partial charge in [-0.25, -0.2) is 0 Å². The quantitative estimate of drug-likeness (QED) is 0.787. The molecule has 1 rings (SSSR count). The standard InChI is InChI=1S/C14H22N2O4.ClH/c1-16(14(18)7-11(8-15)19-2)9-10-4-5-13(20-3)12(17)6-10;/h4-6,11,17H,7-9,15H2,1-3H3;1H. The van der Waals surface area contributed by atoms with E-state index in [4.69, 9.17) is 15.2 Å². The van der Waals surface area contributed by atoms with Gasteiger partial charge >= 0.3 is 0 Å². The van der Waals surface area contributed by atoms with Crippen LogP contribution in [0.2, 0.25) is 0 Å². The third kappa shape index (κ3) is 5.79. The van der Waals surface area contributed by atoms with Crippen LogP contribution in [0, 0.1) is 0 Å². The summed E-state index contributed by atoms with van der Waals surface area (Å²) in [6.07, 6.45) is -0.0275. The number of aromatic hydroxyl groups is 1. The molecule has 0 saturated carbocycles. The molecule has 0 saturated heterocycles. The van der Waals surface area contributed by atoms with E-state index in [1.807, 2.05) is 0 Å². The fourth-order valence-electron chi connectivity index (χ4n) is 1.81. The lowest BCUT2D eigenvalue weighted by Crippen LogP contribution is -2.33. The van der Waals surface area contributed by atoms with Crippen LogP contribution in [0.15, 0.2) is 18.2 Å². The molecule has 3 N–H and O–H groups in total. The summed E-state index contributed by atoms with van der Waals surface area (Å²) in [5.74, 6) is 0.408. The number of amides is 1. The average molecular weight is 319 g/mol. The van der Waals surface area contributed by atoms with Crippen molar-refractivity contribution in [3.8, 4) is 11.5 Å². The number of carbonyl (C=O) groups excluding carboxylic acids is 1. The fourth-order valence-corrected chi connectivity index (χ4v) is 1.81. The summed E-state index contributed by atoms with van der Waals surface area (Å²) in [4.78, 5) is 13.6. The van der Waals surface area contributed by atoms with Gasteiger partial charge in [-0.2, -0.15) is 0 Å². The highest BCUT2D eigenvalue weighted by Crippen LogP contribution is 2.26. The summed E-state index contributed by atoms with van der Waals surface area (Å²) in [6.45, 7) is 0.705. The number of ether oxygens (including phenoxy) is 2. The molecule has 120 valence electrons. The van der Waals surface area contributed by atoms with Gasteiger partial charge in [0.25, 0.3) is 0 Å². The molecule has 0 aliphatic rings. The van der Waals surface area contributed by atoms with E-state index in [0.29, 0.717) is 18.8 Å². The Kier molecular flexibility index (Phi) is 8.76. The first-order valence-electron chi connectivity index (χ1n) is 6.34. The third-order valence-electron chi connectivity index (χ3n) is 3.09. The molecule has 21 heavy (non-hydrogen) atoms. The van der Waals surface area contributed by atoms with Crippen molar-refractivity contribution in [1.29, 1.82) is 0 Å². The Bertz CT molecular complexity index is 453. The molecule has 1 atom stereocenters. The smallest absolute Gasteiger partial charge is 0.225 e. The van der Waals surface area contributed by atoms with E-state index in [-0.39, 0.29) is 36.6 Å². The second-order valence-electron chi connectivity index (χ2n) is 4.55. The number of phenols is 1. The molecule has 0 heterocycles. The molecular formula is C14H23ClN2O4. The first-order chi connectivity index (χ1) is 9.51. The van der Waals surface area contributed by atoms with E-state index >= 15 is 0 Å². The molecule has 1 amide bonds. The monoisotopic (exact) mass is 318 g/mol. The lowest BCUT2D eigenvalue weighted by molar-refractivity contribution is -0.132. The number of benzene rings is 1. The molecule has 0 aliphatic heterocycles. The summed E-state index contributed by atoms with van der Waals surface area (Å²) < 4.78 is 10.1. The zero-order chi connectivity index (χ0) is 15.1. The van der Waals surface area contributed by atoms with Gasteiger partial charge in [-0.3, -0.25) is 4.79 Å². The number of phenolic OH excluding ortho intramolecular Hbond substituents is 1. The predicted molar refractivity (Wildman–Crippen MR) is 82.8 cm³/mol. The van der Waals surface area contributed by atoms with Gasteiger partial charge in [0.15, 0.2) is 11.5 Å². The Labute approximate surface area is 131 Å². The van der Waals surface area contributed by atoms with Crippen LogP contribution in [-0.2, 0) is 16.1 Å². The van der Waals surface area contributed by atoms with Gasteiger partial charge in [-0.1, -0.05) is 6.07 Å². The van der Waals surface area contributed by atoms with Crippen molar-refractivity contribution in [2.45, 2.75) is 19.1 Å². The molecule has 0 spiro atoms. The van der Waals surface area contributed by atoms with Crippen LogP contribution in [0.1, 0.15) is 12.0 Å². The molecule has 0 aromatic heterocycles. The topological polar surface area (TPSA) is 85.0 Å². The number of rotatable bonds is 7. The molecule has 0 aliphatic carbocycles. The van der Waals surface area contributed by atoms with E-state index in [2.05, 4.69) is 0 Å². The molecule has 0 bridgehead atoms. The minimum Gasteiger partial charge on any atom is -0.504 e. The average Bonchev–Trinajstić information content (AvgIpc) is 2.44. The highest BCUT2D eigenvalue weighted by Gasteiger charge is 2.16. The maximum Gasteiger partial charge on any atom is 0.225 e. The van der Waals surface area contributed by atoms with Crippen LogP contribution in [0.5, 0.6) is 11.5 Å². The molecule has 1 aromatic carbocycles. The SMILES string of the molecule is COc1ccc(CN(C)C(=O)CC(CN)OC)cc1O.Cl. The van der Waals surface area contributed by atoms with Gasteiger partial charge in [0.1, 0.15) is 0 Å². The van der Waals surface area contributed by atoms with Crippen molar-refractivity contribution in [3.05, 3.63) is 23.8 Å². The summed E-state index contributed by atoms with van der Waals surface area (Å²) in [7, 11) is 4.72. The van der Waals surface area contributed by atoms with Crippen molar-refractivity contribution in [3.63, 3.8) is 0 Å². The van der Waals surface area contributed by atoms with Gasteiger partial charge in [0.2, 0.25) is 5.91 Å². The van der Waals surface area contributed by atoms with Crippen LogP contribution in [0.4, 0.5) is 0 Å². The number of carbonyl (C=O) groups is 1. The van der Waals surface area contributed by atoms with Crippen molar-refractivity contribution in [2.24, 2.45) is 5.73 Å². The maximum atomic E-state index is 12.0. The van der Waals surface area contributed by atoms with E-state index in [9.17, 15) is 9.90 Å². The lowest BCUT2D eigenvalue weighted by Gasteiger charge is -2.20. The number of nitrogens with two attached hydrogens (primary N) is 1. The predicted octanol–water partition coefficient (Wildman–Crippen LogP) is 1.14. The second-order valence-corrected chi connectivity index (χ2v) is 4.55. The van der Waals surface area contributed by atoms with E-state index in [1.165, 1.54) is 14.2 Å². The van der Waals surface area contributed by atoms with Crippen molar-refractivity contribution in [1.82, 2.24) is 4.90 Å². The lowest BCUT2D eigenvalue weighted by atomic mass is 10.1. The Hall–Kier alpha value is -1.50. The normalized spacial score (nSPS) is 11.4. The van der Waals surface area contributed by atoms with Crippen molar-refractivity contribution < 1.29 is 19.4 Å². The number of halogens is 1. The van der Waals surface area contributed by atoms with Crippen LogP contribution < -0.4 is 10.5 Å². The third-order valence-corrected chi connectivity index (χ3v) is 3.09. The Morgan fingerprint density at radius 3 is 2.57 bits per heavy atom. The van der Waals surface area contributed by atoms with Crippen molar-refractivity contribution in [2.75, 3.05) is 27.8 Å². The molecule has 7 heteroatoms. The van der Waals surface area contributed by atoms with Gasteiger partial charge in [0.05, 0.1) is 19.6 Å². The zero-order valence-corrected chi connectivity index (χ0v) is 13.4. The van der Waals surface area contributed by atoms with Gasteiger partial charge in [-0.15, -0.1) is 12.4 Å². The zero-order valence-electron chi connectivity index (χ0n) is 12.5. The number of hydrogen-bond acceptors (Lipinski definition) is 5. The molecular weight excluding hydrogens is 296 g/mol. The fraction of sp³-hybridized carbons (Fsp3) is 0.500. The minimum absolute atomic E-state index is 0. The molecule has 1 unspecified atom stereocenters. The largest absolute Gasteiger partial charge is 0.504 e. The highest BCUT2D eigenvalue weighted by molar-refractivity contribution is 5.85. The second kappa shape index (κ2) is 9.44. The van der Waals surface area contributed by atoms with Crippen LogP contribution in [0.25, 0.3) is 0 Å². The molecule has 0 fully saturated rings. The Morgan fingerprint density at radius 1 is 1.43 bits per heavy atom. The summed E-state index contributed by atoms with van der Waals surface area (Å²) in [6, 6.07) is 5.05. The van der Waals surface area contributed by atoms with Gasteiger partial charge < -0.3 is 25.2 Å². The van der Waals surface area contributed by atoms with Crippen molar-refractivity contribution >= 4 is 18.3 Å². The molecule has 6 nitrogen and oxygen atoms in total. The Morgan fingerprint density at radius 2 is 2.10 bits per heavy atom. The summed E-state index contributed by atoms with van der Waals surface area (Å²) in [5, 5.41) is 9.70. The molecule has 0 radical (unpaired) electrons. The summed E-state index contributed by atoms with van der Waals surface area (Å²) >= 11 is 0. The van der Waals surface area contributed by atoms with Crippen LogP contribution >= 0.6 is 12.4 Å². The number of hydrogen-bond donors (Lipinski definition) is 2. The van der Waals surface area contributed by atoms with E-state index < -0.39 is 0 Å². The van der Waals surface area contributed by atoms with Gasteiger partial charge in [-0.05, 0) is 17.7 Å². The van der Waals surface area contributed by atoms with E-state index in [1.54, 1.807) is 30.1 Å². The van der Waals surface area contributed by atoms with E-state index in [0.717, 1.165) is 5.56 Å². The first-order valence-corrected chi connectivity index (χ1v) is 6.34. The maximum absolute atomic E-state index is 12.0. The first kappa shape index (κ1) is 19.5. The van der Waals surface area contributed by atoms with Crippen LogP contribution in [-0.4, -0.2) is 49.8 Å². The Balaban J connectivity index is 0.00000400. The summed E-state index contributed by atoms with van der Waals surface area (Å²) in [5.41, 5.74) is 6.31.